The van der Waals surface area contributed by atoms with Crippen LogP contribution in [0.4, 0.5) is 14.9 Å². The number of nitrogens with one attached hydrogen (secondary N) is 1. The molecule has 8 heteroatoms. The monoisotopic (exact) mass is 552 g/mol. The van der Waals surface area contributed by atoms with Crippen molar-refractivity contribution in [1.29, 1.82) is 0 Å². The van der Waals surface area contributed by atoms with Crippen LogP contribution >= 0.6 is 11.8 Å². The molecule has 5 nitrogen and oxygen atoms in total. The molecule has 2 rings (SSSR count). The van der Waals surface area contributed by atoms with Gasteiger partial charge >= 0.3 is 6.09 Å². The predicted molar refractivity (Wildman–Crippen MR) is 83.8 cm³/mol. The van der Waals surface area contributed by atoms with Crippen molar-refractivity contribution in [2.75, 3.05) is 18.0 Å². The van der Waals surface area contributed by atoms with Crippen molar-refractivity contribution < 1.29 is 62.8 Å². The molecule has 0 unspecified atom stereocenters. The standard InChI is InChI=1S/C15H18FN2O3S.Ac/c1-9(19)15(2,3)22-13-5-4-10(6-12(13)16)18-8-11(7-17)21-14(18)20;/h4-6,11,17H,7-8H2,1-3H3;/q-1;/t11-;/m0./s1. The molecule has 1 radical (unpaired) electrons. The molecule has 0 aliphatic carbocycles. The fraction of sp³-hybridized carbons (Fsp3) is 0.467. The molecular formula is C15H18AcFN2O3S-. The van der Waals surface area contributed by atoms with Gasteiger partial charge in [0.05, 0.1) is 17.0 Å². The third kappa shape index (κ3) is 4.91. The van der Waals surface area contributed by atoms with Gasteiger partial charge in [-0.25, -0.2) is 9.18 Å². The molecule has 1 amide bonds. The Kier molecular flexibility index (Phi) is 7.52. The summed E-state index contributed by atoms with van der Waals surface area (Å²) in [7, 11) is 0. The molecular weight excluding hydrogens is 534 g/mol. The van der Waals surface area contributed by atoms with E-state index in [1.165, 1.54) is 17.9 Å². The van der Waals surface area contributed by atoms with Gasteiger partial charge in [-0.2, -0.15) is 0 Å². The largest absolute Gasteiger partial charge is 0.674 e. The molecule has 123 valence electrons. The van der Waals surface area contributed by atoms with E-state index in [9.17, 15) is 14.0 Å². The van der Waals surface area contributed by atoms with Crippen LogP contribution < -0.4 is 4.90 Å². The first-order valence-electron chi connectivity index (χ1n) is 6.87. The van der Waals surface area contributed by atoms with Crippen molar-refractivity contribution >= 4 is 29.3 Å². The molecule has 1 aliphatic heterocycles. The van der Waals surface area contributed by atoms with E-state index in [-0.39, 0.29) is 62.9 Å². The Balaban J connectivity index is 0.00000264. The number of Topliss-reactive ketones (excluding diaryl/α,β-unsaturated/α-hetero) is 1. The molecule has 0 bridgehead atoms. The Morgan fingerprint density at radius 3 is 2.65 bits per heavy atom. The number of cyclic esters (lactones) is 1. The van der Waals surface area contributed by atoms with Gasteiger partial charge in [-0.15, -0.1) is 18.3 Å². The number of nitrogens with zero attached hydrogens (tertiary/aromatic N) is 1. The van der Waals surface area contributed by atoms with Crippen LogP contribution in [0.5, 0.6) is 0 Å². The van der Waals surface area contributed by atoms with Crippen LogP contribution in [-0.2, 0) is 9.53 Å². The molecule has 1 saturated heterocycles. The smallest absolute Gasteiger partial charge is 0.414 e. The summed E-state index contributed by atoms with van der Waals surface area (Å²) in [6.07, 6.45) is -1.05. The number of carbonyl (C=O) groups is 2. The summed E-state index contributed by atoms with van der Waals surface area (Å²) < 4.78 is 18.5. The number of benzene rings is 1. The Labute approximate surface area is 175 Å². The van der Waals surface area contributed by atoms with Crippen molar-refractivity contribution in [2.24, 2.45) is 0 Å². The summed E-state index contributed by atoms with van der Waals surface area (Å²) in [5, 5.41) is 0. The summed E-state index contributed by atoms with van der Waals surface area (Å²) >= 11 is 1.15. The fourth-order valence-corrected chi connectivity index (χ4v) is 2.91. The minimum Gasteiger partial charge on any atom is -0.674 e. The zero-order valence-electron chi connectivity index (χ0n) is 13.3. The summed E-state index contributed by atoms with van der Waals surface area (Å²) in [6.45, 7) is 5.17. The Bertz CT molecular complexity index is 612. The molecule has 1 aromatic carbocycles. The van der Waals surface area contributed by atoms with E-state index < -0.39 is 22.8 Å². The third-order valence-electron chi connectivity index (χ3n) is 3.54. The van der Waals surface area contributed by atoms with E-state index >= 15 is 0 Å². The first-order chi connectivity index (χ1) is 10.2. The maximum atomic E-state index is 14.3. The van der Waals surface area contributed by atoms with E-state index in [0.29, 0.717) is 10.6 Å². The van der Waals surface area contributed by atoms with E-state index in [0.717, 1.165) is 11.8 Å². The minimum absolute atomic E-state index is 0. The van der Waals surface area contributed by atoms with Gasteiger partial charge in [-0.05, 0) is 39.0 Å². The van der Waals surface area contributed by atoms with Crippen LogP contribution in [-0.4, -0.2) is 35.8 Å². The molecule has 1 heterocycles. The van der Waals surface area contributed by atoms with Crippen LogP contribution in [0, 0.1) is 49.9 Å². The number of anilines is 1. The number of halogens is 1. The van der Waals surface area contributed by atoms with Crippen molar-refractivity contribution in [3.05, 3.63) is 29.7 Å². The maximum Gasteiger partial charge on any atom is 0.414 e. The number of carbonyl (C=O) groups excluding carboxylic acids is 2. The van der Waals surface area contributed by atoms with Gasteiger partial charge in [0, 0.05) is 49.0 Å². The van der Waals surface area contributed by atoms with E-state index in [1.807, 2.05) is 0 Å². The van der Waals surface area contributed by atoms with Gasteiger partial charge in [0.25, 0.3) is 0 Å². The van der Waals surface area contributed by atoms with E-state index in [4.69, 9.17) is 10.5 Å². The summed E-state index contributed by atoms with van der Waals surface area (Å²) in [5.74, 6) is -0.527. The SMILES string of the molecule is CC(=O)C(C)(C)Sc1ccc(N2C[C@H](C[NH-])OC2=O)cc1F.[Ac]. The molecule has 0 aromatic heterocycles. The van der Waals surface area contributed by atoms with Crippen molar-refractivity contribution in [3.63, 3.8) is 0 Å². The second kappa shape index (κ2) is 8.28. The van der Waals surface area contributed by atoms with Gasteiger partial charge in [0.1, 0.15) is 17.7 Å². The van der Waals surface area contributed by atoms with Crippen LogP contribution in [0.1, 0.15) is 20.8 Å². The second-order valence-electron chi connectivity index (χ2n) is 5.60. The number of hydrogen-bond donors (Lipinski definition) is 0. The topological polar surface area (TPSA) is 70.4 Å². The number of thioether (sulfide) groups is 1. The van der Waals surface area contributed by atoms with Crippen molar-refractivity contribution in [3.8, 4) is 0 Å². The van der Waals surface area contributed by atoms with E-state index in [1.54, 1.807) is 26.0 Å². The maximum absolute atomic E-state index is 14.3. The normalized spacial score (nSPS) is 17.7. The quantitative estimate of drug-likeness (QED) is 0.523. The first kappa shape index (κ1) is 20.9. The average Bonchev–Trinajstić information content (AvgIpc) is 2.82. The summed E-state index contributed by atoms with van der Waals surface area (Å²) in [6, 6.07) is 4.43. The summed E-state index contributed by atoms with van der Waals surface area (Å²) in [5.41, 5.74) is 7.64. The zero-order chi connectivity index (χ0) is 16.5. The first-order valence-corrected chi connectivity index (χ1v) is 7.68. The summed E-state index contributed by atoms with van der Waals surface area (Å²) in [4.78, 5) is 24.9. The van der Waals surface area contributed by atoms with Crippen LogP contribution in [0.15, 0.2) is 23.1 Å². The fourth-order valence-electron chi connectivity index (χ4n) is 1.93. The molecule has 1 N–H and O–H groups in total. The Morgan fingerprint density at radius 1 is 1.52 bits per heavy atom. The molecule has 0 saturated carbocycles. The second-order valence-corrected chi connectivity index (χ2v) is 7.27. The van der Waals surface area contributed by atoms with Crippen LogP contribution in [0.2, 0.25) is 0 Å². The Morgan fingerprint density at radius 2 is 2.17 bits per heavy atom. The number of amides is 1. The van der Waals surface area contributed by atoms with Crippen LogP contribution in [0.25, 0.3) is 5.73 Å². The third-order valence-corrected chi connectivity index (χ3v) is 4.89. The molecule has 0 spiro atoms. The zero-order valence-corrected chi connectivity index (χ0v) is 18.8. The molecule has 1 aliphatic rings. The van der Waals surface area contributed by atoms with Crippen molar-refractivity contribution in [1.82, 2.24) is 0 Å². The minimum atomic E-state index is -0.717. The van der Waals surface area contributed by atoms with Gasteiger partial charge in [0.15, 0.2) is 0 Å². The average molecular weight is 552 g/mol. The number of hydrogen-bond acceptors (Lipinski definition) is 4. The number of ketones is 1. The molecule has 1 aromatic rings. The molecule has 23 heavy (non-hydrogen) atoms. The van der Waals surface area contributed by atoms with Crippen molar-refractivity contribution in [2.45, 2.75) is 36.5 Å². The van der Waals surface area contributed by atoms with E-state index in [2.05, 4.69) is 0 Å². The van der Waals surface area contributed by atoms with Gasteiger partial charge in [-0.1, -0.05) is 0 Å². The number of ether oxygens (including phenoxy) is 1. The molecule has 1 atom stereocenters. The predicted octanol–water partition coefficient (Wildman–Crippen LogP) is 3.66. The number of rotatable bonds is 5. The van der Waals surface area contributed by atoms with Crippen LogP contribution in [0.3, 0.4) is 0 Å². The van der Waals surface area contributed by atoms with Gasteiger partial charge in [0.2, 0.25) is 0 Å². The Hall–Kier alpha value is -0.158. The van der Waals surface area contributed by atoms with Gasteiger partial charge < -0.3 is 10.5 Å². The molecule has 1 fully saturated rings. The van der Waals surface area contributed by atoms with Gasteiger partial charge in [-0.3, -0.25) is 9.69 Å².